The van der Waals surface area contributed by atoms with Gasteiger partial charge in [0.1, 0.15) is 11.9 Å². The number of aromatic nitrogens is 2. The Labute approximate surface area is 121 Å². The summed E-state index contributed by atoms with van der Waals surface area (Å²) in [6.07, 6.45) is -0.605. The smallest absolute Gasteiger partial charge is 0.231 e. The number of H-pyrrole nitrogens is 1. The third kappa shape index (κ3) is 2.02. The zero-order valence-corrected chi connectivity index (χ0v) is 11.5. The van der Waals surface area contributed by atoms with Crippen LogP contribution in [0.15, 0.2) is 36.4 Å². The van der Waals surface area contributed by atoms with E-state index in [1.807, 2.05) is 36.4 Å². The molecule has 0 saturated carbocycles. The highest BCUT2D eigenvalue weighted by Crippen LogP contribution is 2.36. The monoisotopic (exact) mass is 282 g/mol. The molecule has 1 aliphatic rings. The van der Waals surface area contributed by atoms with E-state index >= 15 is 0 Å². The van der Waals surface area contributed by atoms with Crippen LogP contribution in [0.5, 0.6) is 11.5 Å². The summed E-state index contributed by atoms with van der Waals surface area (Å²) in [5, 5.41) is 9.59. The van der Waals surface area contributed by atoms with Gasteiger partial charge in [0, 0.05) is 0 Å². The molecule has 5 nitrogen and oxygen atoms in total. The number of aliphatic hydroxyl groups excluding tert-OH is 1. The molecule has 0 amide bonds. The van der Waals surface area contributed by atoms with E-state index in [2.05, 4.69) is 9.97 Å². The van der Waals surface area contributed by atoms with Gasteiger partial charge in [0.2, 0.25) is 6.79 Å². The highest BCUT2D eigenvalue weighted by Gasteiger charge is 2.14. The van der Waals surface area contributed by atoms with Crippen molar-refractivity contribution >= 4 is 11.0 Å². The van der Waals surface area contributed by atoms with E-state index in [0.717, 1.165) is 33.7 Å². The van der Waals surface area contributed by atoms with E-state index in [9.17, 15) is 5.11 Å². The number of rotatable bonds is 2. The van der Waals surface area contributed by atoms with Crippen LogP contribution in [0.3, 0.4) is 0 Å². The Hall–Kier alpha value is -2.53. The van der Waals surface area contributed by atoms with Crippen LogP contribution in [0.1, 0.15) is 18.9 Å². The molecule has 4 rings (SSSR count). The Bertz CT molecular complexity index is 824. The minimum Gasteiger partial charge on any atom is -0.454 e. The average Bonchev–Trinajstić information content (AvgIpc) is 3.12. The van der Waals surface area contributed by atoms with Gasteiger partial charge in [0.25, 0.3) is 0 Å². The summed E-state index contributed by atoms with van der Waals surface area (Å²) >= 11 is 0. The van der Waals surface area contributed by atoms with Crippen LogP contribution in [0, 0.1) is 0 Å². The third-order valence-corrected chi connectivity index (χ3v) is 3.60. The topological polar surface area (TPSA) is 67.4 Å². The predicted octanol–water partition coefficient (Wildman–Crippen LogP) is 3.01. The number of ether oxygens (including phenoxy) is 2. The van der Waals surface area contributed by atoms with Crippen LogP contribution in [0.2, 0.25) is 0 Å². The van der Waals surface area contributed by atoms with E-state index in [1.165, 1.54) is 0 Å². The molecule has 3 aromatic rings. The molecule has 0 radical (unpaired) electrons. The zero-order valence-electron chi connectivity index (χ0n) is 11.5. The van der Waals surface area contributed by atoms with Crippen LogP contribution in [0.25, 0.3) is 22.2 Å². The lowest BCUT2D eigenvalue weighted by Gasteiger charge is -2.03. The van der Waals surface area contributed by atoms with Gasteiger partial charge in [-0.15, -0.1) is 0 Å². The van der Waals surface area contributed by atoms with Crippen molar-refractivity contribution in [2.24, 2.45) is 0 Å². The first kappa shape index (κ1) is 12.2. The molecule has 1 atom stereocenters. The van der Waals surface area contributed by atoms with Crippen LogP contribution in [0.4, 0.5) is 0 Å². The van der Waals surface area contributed by atoms with Gasteiger partial charge in [-0.2, -0.15) is 0 Å². The molecule has 0 unspecified atom stereocenters. The second kappa shape index (κ2) is 4.49. The number of aliphatic hydroxyl groups is 1. The van der Waals surface area contributed by atoms with Crippen molar-refractivity contribution in [2.45, 2.75) is 13.0 Å². The van der Waals surface area contributed by atoms with Crippen LogP contribution in [-0.4, -0.2) is 21.9 Å². The lowest BCUT2D eigenvalue weighted by atomic mass is 10.0. The second-order valence-electron chi connectivity index (χ2n) is 5.10. The molecule has 106 valence electrons. The van der Waals surface area contributed by atoms with Gasteiger partial charge in [-0.3, -0.25) is 0 Å². The lowest BCUT2D eigenvalue weighted by Crippen LogP contribution is -1.92. The number of hydrogen-bond acceptors (Lipinski definition) is 4. The van der Waals surface area contributed by atoms with Gasteiger partial charge in [-0.1, -0.05) is 12.1 Å². The van der Waals surface area contributed by atoms with Crippen molar-refractivity contribution in [3.05, 3.63) is 42.2 Å². The summed E-state index contributed by atoms with van der Waals surface area (Å²) in [4.78, 5) is 7.50. The summed E-state index contributed by atoms with van der Waals surface area (Å²) in [6, 6.07) is 11.8. The summed E-state index contributed by atoms with van der Waals surface area (Å²) in [5.41, 5.74) is 3.85. The normalized spacial score (nSPS) is 14.6. The number of benzene rings is 2. The third-order valence-electron chi connectivity index (χ3n) is 3.60. The Balaban J connectivity index is 1.79. The van der Waals surface area contributed by atoms with Crippen molar-refractivity contribution in [3.8, 4) is 22.6 Å². The summed E-state index contributed by atoms with van der Waals surface area (Å²) in [5.74, 6) is 2.12. The maximum atomic E-state index is 9.59. The molecule has 0 spiro atoms. The first-order chi connectivity index (χ1) is 10.2. The van der Waals surface area contributed by atoms with Gasteiger partial charge in [-0.05, 0) is 42.3 Å². The van der Waals surface area contributed by atoms with Gasteiger partial charge in [0.05, 0.1) is 11.0 Å². The second-order valence-corrected chi connectivity index (χ2v) is 5.10. The molecule has 0 fully saturated rings. The molecule has 2 aromatic carbocycles. The molecule has 0 saturated heterocycles. The fourth-order valence-electron chi connectivity index (χ4n) is 2.48. The summed E-state index contributed by atoms with van der Waals surface area (Å²) < 4.78 is 10.7. The van der Waals surface area contributed by atoms with Crippen LogP contribution in [-0.2, 0) is 0 Å². The van der Waals surface area contributed by atoms with Gasteiger partial charge < -0.3 is 19.6 Å². The molecule has 1 aliphatic heterocycles. The number of fused-ring (bicyclic) bond motifs is 2. The Morgan fingerprint density at radius 3 is 2.71 bits per heavy atom. The molecule has 0 bridgehead atoms. The summed E-state index contributed by atoms with van der Waals surface area (Å²) in [7, 11) is 0. The maximum absolute atomic E-state index is 9.59. The predicted molar refractivity (Wildman–Crippen MR) is 78.3 cm³/mol. The lowest BCUT2D eigenvalue weighted by molar-refractivity contribution is 0.174. The number of nitrogens with zero attached hydrogens (tertiary/aromatic N) is 1. The average molecular weight is 282 g/mol. The fraction of sp³-hybridized carbons (Fsp3) is 0.188. The van der Waals surface area contributed by atoms with Crippen molar-refractivity contribution in [3.63, 3.8) is 0 Å². The van der Waals surface area contributed by atoms with Gasteiger partial charge >= 0.3 is 0 Å². The van der Waals surface area contributed by atoms with Crippen LogP contribution >= 0.6 is 0 Å². The Morgan fingerprint density at radius 2 is 1.86 bits per heavy atom. The van der Waals surface area contributed by atoms with Crippen molar-refractivity contribution in [2.75, 3.05) is 6.79 Å². The fourth-order valence-corrected chi connectivity index (χ4v) is 2.48. The summed E-state index contributed by atoms with van der Waals surface area (Å²) in [6.45, 7) is 1.96. The van der Waals surface area contributed by atoms with Gasteiger partial charge in [0.15, 0.2) is 11.5 Å². The quantitative estimate of drug-likeness (QED) is 0.758. The molecule has 21 heavy (non-hydrogen) atoms. The van der Waals surface area contributed by atoms with E-state index in [4.69, 9.17) is 9.47 Å². The molecule has 2 heterocycles. The van der Waals surface area contributed by atoms with E-state index in [-0.39, 0.29) is 6.79 Å². The SMILES string of the molecule is C[C@H](O)c1nc2ccc(-c3ccc4c(c3)OCO4)cc2[nH]1. The minimum atomic E-state index is -0.605. The van der Waals surface area contributed by atoms with Crippen molar-refractivity contribution in [1.29, 1.82) is 0 Å². The first-order valence-electron chi connectivity index (χ1n) is 6.78. The van der Waals surface area contributed by atoms with E-state index in [0.29, 0.717) is 5.82 Å². The highest BCUT2D eigenvalue weighted by molar-refractivity contribution is 5.82. The molecule has 1 aromatic heterocycles. The number of aromatic amines is 1. The molecule has 0 aliphatic carbocycles. The van der Waals surface area contributed by atoms with Crippen molar-refractivity contribution < 1.29 is 14.6 Å². The maximum Gasteiger partial charge on any atom is 0.231 e. The largest absolute Gasteiger partial charge is 0.454 e. The standard InChI is InChI=1S/C16H14N2O3/c1-9(19)16-17-12-4-2-10(6-13(12)18-16)11-3-5-14-15(7-11)21-8-20-14/h2-7,9,19H,8H2,1H3,(H,17,18)/t9-/m0/s1. The van der Waals surface area contributed by atoms with E-state index < -0.39 is 6.10 Å². The minimum absolute atomic E-state index is 0.274. The zero-order chi connectivity index (χ0) is 14.4. The molecule has 5 heteroatoms. The number of hydrogen-bond donors (Lipinski definition) is 2. The Kier molecular flexibility index (Phi) is 2.62. The van der Waals surface area contributed by atoms with Crippen LogP contribution < -0.4 is 9.47 Å². The highest BCUT2D eigenvalue weighted by atomic mass is 16.7. The first-order valence-corrected chi connectivity index (χ1v) is 6.78. The molecular formula is C16H14N2O3. The number of imidazole rings is 1. The molecule has 2 N–H and O–H groups in total. The van der Waals surface area contributed by atoms with Gasteiger partial charge in [-0.25, -0.2) is 4.98 Å². The Morgan fingerprint density at radius 1 is 1.10 bits per heavy atom. The molecular weight excluding hydrogens is 268 g/mol. The number of nitrogens with one attached hydrogen (secondary N) is 1. The van der Waals surface area contributed by atoms with E-state index in [1.54, 1.807) is 6.92 Å². The van der Waals surface area contributed by atoms with Crippen molar-refractivity contribution in [1.82, 2.24) is 9.97 Å².